The van der Waals surface area contributed by atoms with E-state index in [1.807, 2.05) is 43.3 Å². The molecule has 0 aliphatic heterocycles. The summed E-state index contributed by atoms with van der Waals surface area (Å²) in [6.45, 7) is 2.41. The third-order valence-electron chi connectivity index (χ3n) is 5.38. The Morgan fingerprint density at radius 3 is 2.75 bits per heavy atom. The van der Waals surface area contributed by atoms with Gasteiger partial charge in [0.2, 0.25) is 5.88 Å². The number of benzene rings is 1. The molecule has 1 N–H and O–H groups in total. The van der Waals surface area contributed by atoms with Crippen LogP contribution in [-0.4, -0.2) is 22.2 Å². The van der Waals surface area contributed by atoms with Crippen molar-refractivity contribution < 1.29 is 14.3 Å². The van der Waals surface area contributed by atoms with Crippen molar-refractivity contribution in [2.75, 3.05) is 0 Å². The second-order valence-electron chi connectivity index (χ2n) is 7.84. The second-order valence-corrected chi connectivity index (χ2v) is 9.53. The molecule has 168 valence electrons. The highest BCUT2D eigenvalue weighted by Crippen LogP contribution is 2.35. The van der Waals surface area contributed by atoms with Crippen molar-refractivity contribution in [3.8, 4) is 16.5 Å². The van der Waals surface area contributed by atoms with E-state index in [4.69, 9.17) is 26.1 Å². The molecule has 4 rings (SSSR count). The minimum atomic E-state index is -0.486. The van der Waals surface area contributed by atoms with Crippen LogP contribution in [0.5, 0.6) is 5.88 Å². The molecule has 1 amide bonds. The number of hydrogen-bond acceptors (Lipinski definition) is 6. The van der Waals surface area contributed by atoms with Gasteiger partial charge in [0, 0.05) is 6.54 Å². The Bertz CT molecular complexity index is 1050. The quantitative estimate of drug-likeness (QED) is 0.437. The summed E-state index contributed by atoms with van der Waals surface area (Å²) in [6, 6.07) is 11.4. The number of aryl methyl sites for hydroxylation is 1. The van der Waals surface area contributed by atoms with Crippen LogP contribution in [0.1, 0.15) is 48.9 Å². The van der Waals surface area contributed by atoms with Gasteiger partial charge in [-0.1, -0.05) is 48.4 Å². The first-order chi connectivity index (χ1) is 15.6. The molecule has 1 aliphatic rings. The number of hydrogen-bond donors (Lipinski definition) is 1. The Labute approximate surface area is 197 Å². The first-order valence-electron chi connectivity index (χ1n) is 10.8. The highest BCUT2D eigenvalue weighted by atomic mass is 35.5. The number of amides is 1. The number of thiophene rings is 1. The van der Waals surface area contributed by atoms with E-state index in [9.17, 15) is 4.79 Å². The predicted octanol–water partition coefficient (Wildman–Crippen LogP) is 6.30. The van der Waals surface area contributed by atoms with Crippen LogP contribution in [-0.2, 0) is 17.9 Å². The fourth-order valence-electron chi connectivity index (χ4n) is 3.72. The van der Waals surface area contributed by atoms with Gasteiger partial charge in [0.1, 0.15) is 18.4 Å². The molecule has 6 nitrogen and oxygen atoms in total. The average molecular weight is 472 g/mol. The van der Waals surface area contributed by atoms with Crippen LogP contribution in [0.4, 0.5) is 4.79 Å². The maximum Gasteiger partial charge on any atom is 0.407 e. The van der Waals surface area contributed by atoms with Crippen molar-refractivity contribution in [3.63, 3.8) is 0 Å². The Hall–Kier alpha value is -2.64. The monoisotopic (exact) mass is 471 g/mol. The van der Waals surface area contributed by atoms with E-state index >= 15 is 0 Å². The molecule has 1 saturated carbocycles. The zero-order chi connectivity index (χ0) is 22.3. The molecule has 0 atom stereocenters. The molecule has 32 heavy (non-hydrogen) atoms. The molecule has 2 aromatic heterocycles. The number of carbonyl (C=O) groups is 1. The Balaban J connectivity index is 1.39. The van der Waals surface area contributed by atoms with Crippen LogP contribution < -0.4 is 10.1 Å². The summed E-state index contributed by atoms with van der Waals surface area (Å²) in [6.07, 6.45) is 7.27. The lowest BCUT2D eigenvalue weighted by Gasteiger charge is -2.22. The van der Waals surface area contributed by atoms with E-state index in [-0.39, 0.29) is 19.3 Å². The smallest absolute Gasteiger partial charge is 0.407 e. The number of aromatic nitrogens is 2. The minimum Gasteiger partial charge on any atom is -0.473 e. The van der Waals surface area contributed by atoms with Gasteiger partial charge in [0.25, 0.3) is 0 Å². The molecule has 0 unspecified atom stereocenters. The van der Waals surface area contributed by atoms with Gasteiger partial charge in [-0.05, 0) is 49.8 Å². The molecule has 1 aliphatic carbocycles. The van der Waals surface area contributed by atoms with Crippen LogP contribution in [0.2, 0.25) is 4.34 Å². The number of carbonyl (C=O) groups excluding carboxylic acids is 1. The molecular formula is C24H26ClN3O3S. The predicted molar refractivity (Wildman–Crippen MR) is 126 cm³/mol. The number of ether oxygens (including phenoxy) is 2. The van der Waals surface area contributed by atoms with Gasteiger partial charge in [0.15, 0.2) is 0 Å². The lowest BCUT2D eigenvalue weighted by atomic mass is 9.98. The maximum atomic E-state index is 12.1. The summed E-state index contributed by atoms with van der Waals surface area (Å²) in [5.74, 6) is 0.590. The van der Waals surface area contributed by atoms with Gasteiger partial charge in [0.05, 0.1) is 21.1 Å². The van der Waals surface area contributed by atoms with E-state index in [1.54, 1.807) is 6.20 Å². The number of rotatable bonds is 7. The van der Waals surface area contributed by atoms with Crippen LogP contribution in [0.25, 0.3) is 10.6 Å². The fraction of sp³-hybridized carbons (Fsp3) is 0.375. The molecule has 3 aromatic rings. The SMILES string of the molecule is Cc1nc(-c2sc(Cl)cc2CNC(=O)OCc2ccccc2)cnc1OC1CCCCC1. The van der Waals surface area contributed by atoms with Gasteiger partial charge in [-0.3, -0.25) is 0 Å². The van der Waals surface area contributed by atoms with E-state index in [1.165, 1.54) is 30.6 Å². The van der Waals surface area contributed by atoms with Crippen molar-refractivity contribution in [3.05, 3.63) is 63.8 Å². The van der Waals surface area contributed by atoms with Gasteiger partial charge in [-0.25, -0.2) is 14.8 Å². The molecule has 0 bridgehead atoms. The highest BCUT2D eigenvalue weighted by Gasteiger charge is 2.19. The van der Waals surface area contributed by atoms with Crippen molar-refractivity contribution in [2.24, 2.45) is 0 Å². The number of nitrogens with zero attached hydrogens (tertiary/aromatic N) is 2. The topological polar surface area (TPSA) is 73.3 Å². The lowest BCUT2D eigenvalue weighted by molar-refractivity contribution is 0.139. The third-order valence-corrected chi connectivity index (χ3v) is 6.71. The fourth-order valence-corrected chi connectivity index (χ4v) is 4.95. The highest BCUT2D eigenvalue weighted by molar-refractivity contribution is 7.19. The second kappa shape index (κ2) is 10.8. The van der Waals surface area contributed by atoms with Gasteiger partial charge in [-0.2, -0.15) is 0 Å². The molecule has 8 heteroatoms. The standard InChI is InChI=1S/C24H26ClN3O3S/c1-16-23(31-19-10-6-3-7-11-19)26-14-20(28-16)22-18(12-21(25)32-22)13-27-24(29)30-15-17-8-4-2-5-9-17/h2,4-5,8-9,12,14,19H,3,6-7,10-11,13,15H2,1H3,(H,27,29). The average Bonchev–Trinajstić information content (AvgIpc) is 3.19. The molecule has 0 saturated heterocycles. The largest absolute Gasteiger partial charge is 0.473 e. The third kappa shape index (κ3) is 5.99. The maximum absolute atomic E-state index is 12.1. The molecule has 1 aromatic carbocycles. The van der Waals surface area contributed by atoms with Gasteiger partial charge < -0.3 is 14.8 Å². The molecular weight excluding hydrogens is 446 g/mol. The van der Waals surface area contributed by atoms with E-state index in [0.717, 1.165) is 34.5 Å². The van der Waals surface area contributed by atoms with Crippen molar-refractivity contribution in [2.45, 2.75) is 58.3 Å². The molecule has 2 heterocycles. The number of nitrogens with one attached hydrogen (secondary N) is 1. The van der Waals surface area contributed by atoms with E-state index in [0.29, 0.717) is 15.9 Å². The molecule has 0 spiro atoms. The van der Waals surface area contributed by atoms with Crippen molar-refractivity contribution in [1.29, 1.82) is 0 Å². The van der Waals surface area contributed by atoms with Gasteiger partial charge >= 0.3 is 6.09 Å². The van der Waals surface area contributed by atoms with Crippen LogP contribution >= 0.6 is 22.9 Å². The zero-order valence-electron chi connectivity index (χ0n) is 18.0. The summed E-state index contributed by atoms with van der Waals surface area (Å²) in [5.41, 5.74) is 3.26. The van der Waals surface area contributed by atoms with Crippen LogP contribution in [0, 0.1) is 6.92 Å². The molecule has 0 radical (unpaired) electrons. The van der Waals surface area contributed by atoms with Crippen molar-refractivity contribution in [1.82, 2.24) is 15.3 Å². The van der Waals surface area contributed by atoms with Crippen molar-refractivity contribution >= 4 is 29.0 Å². The van der Waals surface area contributed by atoms with Crippen LogP contribution in [0.3, 0.4) is 0 Å². The van der Waals surface area contributed by atoms with Crippen LogP contribution in [0.15, 0.2) is 42.6 Å². The number of alkyl carbamates (subject to hydrolysis) is 1. The van der Waals surface area contributed by atoms with Gasteiger partial charge in [-0.15, -0.1) is 11.3 Å². The Kier molecular flexibility index (Phi) is 7.60. The summed E-state index contributed by atoms with van der Waals surface area (Å²) in [4.78, 5) is 22.2. The number of halogens is 1. The normalized spacial score (nSPS) is 14.2. The first-order valence-corrected chi connectivity index (χ1v) is 12.0. The minimum absolute atomic E-state index is 0.219. The first kappa shape index (κ1) is 22.6. The molecule has 1 fully saturated rings. The van der Waals surface area contributed by atoms with E-state index in [2.05, 4.69) is 10.3 Å². The summed E-state index contributed by atoms with van der Waals surface area (Å²) in [7, 11) is 0. The zero-order valence-corrected chi connectivity index (χ0v) is 19.5. The lowest BCUT2D eigenvalue weighted by Crippen LogP contribution is -2.23. The van der Waals surface area contributed by atoms with E-state index < -0.39 is 6.09 Å². The Morgan fingerprint density at radius 2 is 2.00 bits per heavy atom. The summed E-state index contributed by atoms with van der Waals surface area (Å²) in [5, 5.41) is 2.79. The summed E-state index contributed by atoms with van der Waals surface area (Å²) < 4.78 is 12.0. The summed E-state index contributed by atoms with van der Waals surface area (Å²) >= 11 is 7.68. The Morgan fingerprint density at radius 1 is 1.22 bits per heavy atom.